The summed E-state index contributed by atoms with van der Waals surface area (Å²) in [6, 6.07) is 0. The van der Waals surface area contributed by atoms with E-state index in [1.807, 2.05) is 6.08 Å². The van der Waals surface area contributed by atoms with Gasteiger partial charge in [0.05, 0.1) is 11.5 Å². The number of hydrogen-bond acceptors (Lipinski definition) is 4. The maximum absolute atomic E-state index is 13.1. The third kappa shape index (κ3) is 1.90. The van der Waals surface area contributed by atoms with Crippen molar-refractivity contribution in [1.29, 1.82) is 0 Å². The molecule has 1 heterocycles. The van der Waals surface area contributed by atoms with Crippen LogP contribution in [0, 0.1) is 22.7 Å². The quantitative estimate of drug-likeness (QED) is 0.606. The van der Waals surface area contributed by atoms with Crippen molar-refractivity contribution in [3.63, 3.8) is 0 Å². The van der Waals surface area contributed by atoms with Crippen LogP contribution in [-0.4, -0.2) is 36.5 Å². The van der Waals surface area contributed by atoms with Crippen LogP contribution in [0.15, 0.2) is 22.8 Å². The maximum atomic E-state index is 13.1. The molecule has 1 saturated carbocycles. The third-order valence-electron chi connectivity index (χ3n) is 8.61. The molecule has 2 fully saturated rings. The van der Waals surface area contributed by atoms with Crippen LogP contribution in [0.25, 0.3) is 0 Å². The molecule has 26 heavy (non-hydrogen) atoms. The first kappa shape index (κ1) is 17.0. The first-order valence-corrected chi connectivity index (χ1v) is 10.3. The van der Waals surface area contributed by atoms with Crippen molar-refractivity contribution in [1.82, 2.24) is 0 Å². The van der Waals surface area contributed by atoms with E-state index in [0.717, 1.165) is 24.8 Å². The molecule has 0 unspecified atom stereocenters. The Morgan fingerprint density at radius 2 is 2.19 bits per heavy atom. The molecule has 0 aromatic rings. The second kappa shape index (κ2) is 5.45. The molecule has 1 saturated heterocycles. The molecule has 0 amide bonds. The van der Waals surface area contributed by atoms with Gasteiger partial charge in [0.1, 0.15) is 12.2 Å². The van der Waals surface area contributed by atoms with Crippen LogP contribution in [0.5, 0.6) is 0 Å². The van der Waals surface area contributed by atoms with Crippen molar-refractivity contribution in [2.75, 3.05) is 7.11 Å². The van der Waals surface area contributed by atoms with Crippen molar-refractivity contribution in [3.8, 4) is 0 Å². The van der Waals surface area contributed by atoms with Gasteiger partial charge in [-0.2, -0.15) is 0 Å². The van der Waals surface area contributed by atoms with E-state index in [1.54, 1.807) is 18.3 Å². The number of ether oxygens (including phenoxy) is 2. The lowest BCUT2D eigenvalue weighted by molar-refractivity contribution is -0.153. The summed E-state index contributed by atoms with van der Waals surface area (Å²) in [6.07, 6.45) is 8.11. The summed E-state index contributed by atoms with van der Waals surface area (Å²) in [4.78, 5) is 13.1. The standard InChI is InChI=1S/C22H30O4/c1-4-21(2)8-7-12-13-9-18(25-3)16-10-17(23)19-11-22(16,20(24)26-19)15(13)6-5-14(12)21/h10,13,15,17-19,23H,4-9,11H2,1-3H3/t13-,15-,17+,18+,19-,21-,22-/m0/s1. The zero-order valence-electron chi connectivity index (χ0n) is 16.1. The van der Waals surface area contributed by atoms with Crippen molar-refractivity contribution < 1.29 is 19.4 Å². The second-order valence-electron chi connectivity index (χ2n) is 9.36. The smallest absolute Gasteiger partial charge is 0.317 e. The Kier molecular flexibility index (Phi) is 3.56. The lowest BCUT2D eigenvalue weighted by Gasteiger charge is -2.52. The highest BCUT2D eigenvalue weighted by atomic mass is 16.6. The molecule has 5 rings (SSSR count). The van der Waals surface area contributed by atoms with E-state index in [-0.39, 0.29) is 18.2 Å². The molecule has 4 nitrogen and oxygen atoms in total. The average Bonchev–Trinajstić information content (AvgIpc) is 3.14. The topological polar surface area (TPSA) is 55.8 Å². The Labute approximate surface area is 155 Å². The Balaban J connectivity index is 1.63. The van der Waals surface area contributed by atoms with Gasteiger partial charge in [0.25, 0.3) is 0 Å². The normalized spacial score (nSPS) is 49.3. The highest BCUT2D eigenvalue weighted by Gasteiger charge is 2.66. The SMILES string of the molecule is CC[C@@]1(C)CCC2=C1CC[C@H]1[C@H]2C[C@@H](OC)C2=C[C@@H](O)[C@@H]3C[C@@]21C(=O)O3. The second-order valence-corrected chi connectivity index (χ2v) is 9.36. The van der Waals surface area contributed by atoms with E-state index in [1.165, 1.54) is 19.3 Å². The minimum atomic E-state index is -0.688. The fraction of sp³-hybridized carbons (Fsp3) is 0.773. The highest BCUT2D eigenvalue weighted by molar-refractivity contribution is 5.85. The first-order valence-electron chi connectivity index (χ1n) is 10.3. The summed E-state index contributed by atoms with van der Waals surface area (Å²) in [7, 11) is 1.74. The van der Waals surface area contributed by atoms with Crippen molar-refractivity contribution >= 4 is 5.97 Å². The fourth-order valence-electron chi connectivity index (χ4n) is 7.05. The summed E-state index contributed by atoms with van der Waals surface area (Å²) in [5.41, 5.74) is 4.10. The van der Waals surface area contributed by atoms with Crippen molar-refractivity contribution in [3.05, 3.63) is 22.8 Å². The van der Waals surface area contributed by atoms with Crippen LogP contribution in [-0.2, 0) is 14.3 Å². The number of carbonyl (C=O) groups is 1. The Hall–Kier alpha value is -1.13. The molecule has 2 bridgehead atoms. The molecule has 1 spiro atoms. The number of aliphatic hydroxyl groups is 1. The average molecular weight is 358 g/mol. The van der Waals surface area contributed by atoms with Crippen LogP contribution in [0.4, 0.5) is 0 Å². The van der Waals surface area contributed by atoms with Gasteiger partial charge in [-0.1, -0.05) is 25.0 Å². The van der Waals surface area contributed by atoms with Crippen LogP contribution >= 0.6 is 0 Å². The number of esters is 1. The predicted octanol–water partition coefficient (Wildman–Crippen LogP) is 3.54. The van der Waals surface area contributed by atoms with E-state index in [4.69, 9.17) is 9.47 Å². The van der Waals surface area contributed by atoms with Crippen LogP contribution in [0.2, 0.25) is 0 Å². The molecule has 1 aliphatic heterocycles. The molecule has 0 radical (unpaired) electrons. The van der Waals surface area contributed by atoms with Crippen molar-refractivity contribution in [2.24, 2.45) is 22.7 Å². The molecule has 7 atom stereocenters. The number of allylic oxidation sites excluding steroid dienone is 2. The summed E-state index contributed by atoms with van der Waals surface area (Å²) < 4.78 is 11.5. The van der Waals surface area contributed by atoms with Crippen molar-refractivity contribution in [2.45, 2.75) is 77.1 Å². The number of rotatable bonds is 2. The number of carbonyl (C=O) groups excluding carboxylic acids is 1. The van der Waals surface area contributed by atoms with Gasteiger partial charge in [-0.3, -0.25) is 4.79 Å². The van der Waals surface area contributed by atoms with Gasteiger partial charge in [-0.25, -0.2) is 0 Å². The van der Waals surface area contributed by atoms with Gasteiger partial charge in [-0.15, -0.1) is 0 Å². The maximum Gasteiger partial charge on any atom is 0.317 e. The van der Waals surface area contributed by atoms with Gasteiger partial charge in [0, 0.05) is 13.5 Å². The molecule has 0 aromatic heterocycles. The minimum Gasteiger partial charge on any atom is -0.459 e. The van der Waals surface area contributed by atoms with Gasteiger partial charge in [-0.05, 0) is 67.4 Å². The predicted molar refractivity (Wildman–Crippen MR) is 97.3 cm³/mol. The third-order valence-corrected chi connectivity index (χ3v) is 8.61. The van der Waals surface area contributed by atoms with E-state index in [9.17, 15) is 9.90 Å². The fourth-order valence-corrected chi connectivity index (χ4v) is 7.05. The monoisotopic (exact) mass is 358 g/mol. The minimum absolute atomic E-state index is 0.0853. The Morgan fingerprint density at radius 3 is 2.92 bits per heavy atom. The van der Waals surface area contributed by atoms with Gasteiger partial charge in [0.2, 0.25) is 0 Å². The molecule has 4 aliphatic carbocycles. The van der Waals surface area contributed by atoms with Crippen LogP contribution < -0.4 is 0 Å². The molecule has 0 aromatic carbocycles. The molecule has 142 valence electrons. The number of fused-ring (bicyclic) bond motifs is 3. The molecular weight excluding hydrogens is 328 g/mol. The van der Waals surface area contributed by atoms with E-state index in [0.29, 0.717) is 23.7 Å². The zero-order chi connectivity index (χ0) is 18.3. The molecule has 4 heteroatoms. The number of aliphatic hydroxyl groups excluding tert-OH is 1. The summed E-state index contributed by atoms with van der Waals surface area (Å²) in [5.74, 6) is 0.626. The molecule has 5 aliphatic rings. The lowest BCUT2D eigenvalue weighted by Crippen LogP contribution is -2.53. The highest BCUT2D eigenvalue weighted by Crippen LogP contribution is 2.65. The van der Waals surface area contributed by atoms with E-state index < -0.39 is 11.5 Å². The molecular formula is C22H30O4. The van der Waals surface area contributed by atoms with Gasteiger partial charge >= 0.3 is 5.97 Å². The largest absolute Gasteiger partial charge is 0.459 e. The van der Waals surface area contributed by atoms with Crippen LogP contribution in [0.3, 0.4) is 0 Å². The Morgan fingerprint density at radius 1 is 1.38 bits per heavy atom. The first-order chi connectivity index (χ1) is 12.4. The van der Waals surface area contributed by atoms with Crippen LogP contribution in [0.1, 0.15) is 58.8 Å². The lowest BCUT2D eigenvalue weighted by atomic mass is 9.51. The summed E-state index contributed by atoms with van der Waals surface area (Å²) in [5, 5.41) is 10.4. The van der Waals surface area contributed by atoms with E-state index in [2.05, 4.69) is 13.8 Å². The zero-order valence-corrected chi connectivity index (χ0v) is 16.1. The summed E-state index contributed by atoms with van der Waals surface area (Å²) in [6.45, 7) is 4.73. The number of methoxy groups -OCH3 is 1. The van der Waals surface area contributed by atoms with Gasteiger partial charge in [0.15, 0.2) is 0 Å². The van der Waals surface area contributed by atoms with E-state index >= 15 is 0 Å². The number of hydrogen-bond donors (Lipinski definition) is 1. The van der Waals surface area contributed by atoms with Gasteiger partial charge < -0.3 is 14.6 Å². The summed E-state index contributed by atoms with van der Waals surface area (Å²) >= 11 is 0. The Bertz CT molecular complexity index is 722. The molecule has 1 N–H and O–H groups in total.